The maximum atomic E-state index is 13.0. The van der Waals surface area contributed by atoms with Gasteiger partial charge in [0.25, 0.3) is 11.6 Å². The summed E-state index contributed by atoms with van der Waals surface area (Å²) >= 11 is 5.55. The molecule has 0 spiro atoms. The van der Waals surface area contributed by atoms with Gasteiger partial charge in [-0.3, -0.25) is 14.9 Å². The first-order chi connectivity index (χ1) is 8.51. The zero-order valence-corrected chi connectivity index (χ0v) is 10.5. The van der Waals surface area contributed by atoms with Crippen molar-refractivity contribution in [3.63, 3.8) is 0 Å². The average molecular weight is 275 g/mol. The van der Waals surface area contributed by atoms with Crippen LogP contribution in [0.25, 0.3) is 0 Å². The first-order valence-electron chi connectivity index (χ1n) is 5.30. The molecule has 0 saturated carbocycles. The zero-order chi connectivity index (χ0) is 13.7. The summed E-state index contributed by atoms with van der Waals surface area (Å²) in [5, 5.41) is 10.8. The van der Waals surface area contributed by atoms with E-state index in [1.165, 1.54) is 4.90 Å². The normalized spacial score (nSPS) is 10.2. The Morgan fingerprint density at radius 2 is 2.22 bits per heavy atom. The second kappa shape index (κ2) is 6.30. The third-order valence-electron chi connectivity index (χ3n) is 2.41. The fraction of sp³-hybridized carbons (Fsp3) is 0.364. The Hall–Kier alpha value is -1.69. The summed E-state index contributed by atoms with van der Waals surface area (Å²) in [5.41, 5.74) is -0.665. The van der Waals surface area contributed by atoms with Crippen LogP contribution >= 0.6 is 11.6 Å². The third-order valence-corrected chi connectivity index (χ3v) is 2.58. The first-order valence-corrected chi connectivity index (χ1v) is 5.83. The third kappa shape index (κ3) is 3.16. The van der Waals surface area contributed by atoms with Crippen LogP contribution in [-0.4, -0.2) is 34.7 Å². The molecule has 18 heavy (non-hydrogen) atoms. The molecule has 0 aliphatic heterocycles. The molecule has 0 N–H and O–H groups in total. The largest absolute Gasteiger partial charge is 0.338 e. The van der Waals surface area contributed by atoms with Crippen LogP contribution in [0.3, 0.4) is 0 Å². The zero-order valence-electron chi connectivity index (χ0n) is 9.73. The molecule has 1 amide bonds. The van der Waals surface area contributed by atoms with Crippen LogP contribution < -0.4 is 0 Å². The van der Waals surface area contributed by atoms with E-state index in [0.29, 0.717) is 6.54 Å². The lowest BCUT2D eigenvalue weighted by atomic mass is 10.1. The fourth-order valence-corrected chi connectivity index (χ4v) is 1.72. The van der Waals surface area contributed by atoms with Crippen molar-refractivity contribution in [1.82, 2.24) is 4.90 Å². The number of rotatable bonds is 5. The minimum Gasteiger partial charge on any atom is -0.338 e. The van der Waals surface area contributed by atoms with Gasteiger partial charge in [-0.15, -0.1) is 11.6 Å². The van der Waals surface area contributed by atoms with E-state index in [1.54, 1.807) is 6.92 Å². The van der Waals surface area contributed by atoms with E-state index >= 15 is 0 Å². The molecule has 1 rings (SSSR count). The van der Waals surface area contributed by atoms with Crippen LogP contribution in [0.1, 0.15) is 17.3 Å². The molecule has 0 bridgehead atoms. The Morgan fingerprint density at radius 3 is 2.72 bits per heavy atom. The Kier molecular flexibility index (Phi) is 5.03. The predicted molar refractivity (Wildman–Crippen MR) is 65.4 cm³/mol. The molecular weight excluding hydrogens is 263 g/mol. The SMILES string of the molecule is CCN(CCCl)C(=O)c1ccc(F)cc1[N+](=O)[O-]. The van der Waals surface area contributed by atoms with Crippen molar-refractivity contribution < 1.29 is 14.1 Å². The lowest BCUT2D eigenvalue weighted by Gasteiger charge is -2.19. The van der Waals surface area contributed by atoms with Crippen molar-refractivity contribution in [1.29, 1.82) is 0 Å². The molecule has 0 aromatic heterocycles. The molecule has 1 aromatic carbocycles. The average Bonchev–Trinajstić information content (AvgIpc) is 2.35. The number of nitro groups is 1. The molecular formula is C11H12ClFN2O3. The maximum Gasteiger partial charge on any atom is 0.285 e. The highest BCUT2D eigenvalue weighted by molar-refractivity contribution is 6.18. The fourth-order valence-electron chi connectivity index (χ4n) is 1.51. The van der Waals surface area contributed by atoms with Gasteiger partial charge in [0, 0.05) is 19.0 Å². The van der Waals surface area contributed by atoms with E-state index in [4.69, 9.17) is 11.6 Å². The van der Waals surface area contributed by atoms with Crippen LogP contribution in [-0.2, 0) is 0 Å². The van der Waals surface area contributed by atoms with E-state index in [2.05, 4.69) is 0 Å². The highest BCUT2D eigenvalue weighted by Crippen LogP contribution is 2.21. The van der Waals surface area contributed by atoms with Crippen molar-refractivity contribution in [3.8, 4) is 0 Å². The molecule has 0 heterocycles. The lowest BCUT2D eigenvalue weighted by molar-refractivity contribution is -0.385. The minimum atomic E-state index is -0.773. The summed E-state index contributed by atoms with van der Waals surface area (Å²) in [6.07, 6.45) is 0. The van der Waals surface area contributed by atoms with Crippen LogP contribution in [0.5, 0.6) is 0 Å². The number of amides is 1. The van der Waals surface area contributed by atoms with Crippen LogP contribution in [0, 0.1) is 15.9 Å². The van der Waals surface area contributed by atoms with Crippen molar-refractivity contribution in [2.24, 2.45) is 0 Å². The molecule has 0 aliphatic carbocycles. The van der Waals surface area contributed by atoms with Crippen LogP contribution in [0.15, 0.2) is 18.2 Å². The van der Waals surface area contributed by atoms with Gasteiger partial charge in [0.15, 0.2) is 0 Å². The van der Waals surface area contributed by atoms with E-state index in [-0.39, 0.29) is 18.0 Å². The number of hydrogen-bond acceptors (Lipinski definition) is 3. The van der Waals surface area contributed by atoms with Gasteiger partial charge < -0.3 is 4.90 Å². The van der Waals surface area contributed by atoms with Gasteiger partial charge in [0.2, 0.25) is 0 Å². The topological polar surface area (TPSA) is 63.5 Å². The van der Waals surface area contributed by atoms with E-state index < -0.39 is 22.3 Å². The second-order valence-electron chi connectivity index (χ2n) is 3.49. The maximum absolute atomic E-state index is 13.0. The van der Waals surface area contributed by atoms with Gasteiger partial charge >= 0.3 is 0 Å². The smallest absolute Gasteiger partial charge is 0.285 e. The standard InChI is InChI=1S/C11H12ClFN2O3/c1-2-14(6-5-12)11(16)9-4-3-8(13)7-10(9)15(17)18/h3-4,7H,2,5-6H2,1H3. The van der Waals surface area contributed by atoms with Gasteiger partial charge in [-0.25, -0.2) is 4.39 Å². The number of carbonyl (C=O) groups excluding carboxylic acids is 1. The Balaban J connectivity index is 3.15. The number of hydrogen-bond donors (Lipinski definition) is 0. The summed E-state index contributed by atoms with van der Waals surface area (Å²) in [6.45, 7) is 2.39. The molecule has 0 fully saturated rings. The number of benzene rings is 1. The lowest BCUT2D eigenvalue weighted by Crippen LogP contribution is -2.33. The molecule has 1 aromatic rings. The van der Waals surface area contributed by atoms with Gasteiger partial charge in [0.1, 0.15) is 11.4 Å². The molecule has 0 unspecified atom stereocenters. The highest BCUT2D eigenvalue weighted by Gasteiger charge is 2.24. The molecule has 0 radical (unpaired) electrons. The molecule has 98 valence electrons. The van der Waals surface area contributed by atoms with Crippen molar-refractivity contribution in [2.75, 3.05) is 19.0 Å². The van der Waals surface area contributed by atoms with E-state index in [9.17, 15) is 19.3 Å². The van der Waals surface area contributed by atoms with Gasteiger partial charge in [-0.1, -0.05) is 0 Å². The van der Waals surface area contributed by atoms with Gasteiger partial charge in [-0.2, -0.15) is 0 Å². The number of nitro benzene ring substituents is 1. The molecule has 0 saturated heterocycles. The van der Waals surface area contributed by atoms with E-state index in [1.807, 2.05) is 0 Å². The summed E-state index contributed by atoms with van der Waals surface area (Å²) in [5.74, 6) is -1.04. The molecule has 0 aliphatic rings. The quantitative estimate of drug-likeness (QED) is 0.471. The first kappa shape index (κ1) is 14.4. The Morgan fingerprint density at radius 1 is 1.56 bits per heavy atom. The number of alkyl halides is 1. The summed E-state index contributed by atoms with van der Waals surface area (Å²) in [4.78, 5) is 23.4. The summed E-state index contributed by atoms with van der Waals surface area (Å²) in [7, 11) is 0. The molecule has 7 heteroatoms. The number of nitrogens with zero attached hydrogens (tertiary/aromatic N) is 2. The van der Waals surface area contributed by atoms with Crippen molar-refractivity contribution in [3.05, 3.63) is 39.7 Å². The van der Waals surface area contributed by atoms with E-state index in [0.717, 1.165) is 18.2 Å². The Bertz CT molecular complexity index is 468. The van der Waals surface area contributed by atoms with Crippen molar-refractivity contribution in [2.45, 2.75) is 6.92 Å². The van der Waals surface area contributed by atoms with Gasteiger partial charge in [0.05, 0.1) is 11.0 Å². The number of halogens is 2. The number of carbonyl (C=O) groups is 1. The summed E-state index contributed by atoms with van der Waals surface area (Å²) in [6, 6.07) is 2.88. The van der Waals surface area contributed by atoms with Crippen LogP contribution in [0.4, 0.5) is 10.1 Å². The molecule has 0 atom stereocenters. The predicted octanol–water partition coefficient (Wildman–Crippen LogP) is 2.43. The second-order valence-corrected chi connectivity index (χ2v) is 3.87. The monoisotopic (exact) mass is 274 g/mol. The summed E-state index contributed by atoms with van der Waals surface area (Å²) < 4.78 is 13.0. The highest BCUT2D eigenvalue weighted by atomic mass is 35.5. The van der Waals surface area contributed by atoms with Crippen molar-refractivity contribution >= 4 is 23.2 Å². The van der Waals surface area contributed by atoms with Crippen LogP contribution in [0.2, 0.25) is 0 Å². The Labute approximate surface area is 108 Å². The van der Waals surface area contributed by atoms with Gasteiger partial charge in [-0.05, 0) is 19.1 Å². The molecule has 5 nitrogen and oxygen atoms in total. The minimum absolute atomic E-state index is 0.131.